The van der Waals surface area contributed by atoms with E-state index in [1.807, 2.05) is 13.0 Å². The normalized spacial score (nSPS) is 10.1. The molecule has 0 aliphatic carbocycles. The minimum Gasteiger partial charge on any atom is -0.383 e. The number of nitrogens with one attached hydrogen (secondary N) is 1. The van der Waals surface area contributed by atoms with Gasteiger partial charge in [-0.3, -0.25) is 19.9 Å². The van der Waals surface area contributed by atoms with Crippen molar-refractivity contribution in [1.82, 2.24) is 15.3 Å². The number of nitrogen functional groups attached to an aromatic ring is 1. The largest absolute Gasteiger partial charge is 0.383 e. The first-order valence-corrected chi connectivity index (χ1v) is 6.07. The molecule has 2 aromatic heterocycles. The summed E-state index contributed by atoms with van der Waals surface area (Å²) in [6.45, 7) is 2.07. The highest BCUT2D eigenvalue weighted by Gasteiger charge is 2.16. The van der Waals surface area contributed by atoms with Crippen molar-refractivity contribution in [3.8, 4) is 0 Å². The molecule has 108 valence electrons. The zero-order valence-electron chi connectivity index (χ0n) is 11.2. The van der Waals surface area contributed by atoms with Gasteiger partial charge in [0.25, 0.3) is 11.6 Å². The number of aromatic nitrogens is 2. The molecule has 8 nitrogen and oxygen atoms in total. The Bertz CT molecular complexity index is 702. The summed E-state index contributed by atoms with van der Waals surface area (Å²) in [5.41, 5.74) is 6.91. The van der Waals surface area contributed by atoms with Gasteiger partial charge in [-0.25, -0.2) is 4.98 Å². The quantitative estimate of drug-likeness (QED) is 0.643. The van der Waals surface area contributed by atoms with Gasteiger partial charge in [0, 0.05) is 12.3 Å². The van der Waals surface area contributed by atoms with E-state index in [0.29, 0.717) is 5.69 Å². The molecule has 0 unspecified atom stereocenters. The van der Waals surface area contributed by atoms with E-state index in [0.717, 1.165) is 17.8 Å². The van der Waals surface area contributed by atoms with E-state index in [4.69, 9.17) is 5.73 Å². The number of nitro groups is 1. The molecule has 2 rings (SSSR count). The summed E-state index contributed by atoms with van der Waals surface area (Å²) >= 11 is 0. The molecule has 2 heterocycles. The topological polar surface area (TPSA) is 124 Å². The average Bonchev–Trinajstić information content (AvgIpc) is 2.46. The molecule has 3 N–H and O–H groups in total. The fourth-order valence-corrected chi connectivity index (χ4v) is 1.71. The van der Waals surface area contributed by atoms with Crippen molar-refractivity contribution in [2.45, 2.75) is 13.5 Å². The van der Waals surface area contributed by atoms with Crippen LogP contribution in [0, 0.1) is 17.0 Å². The number of carbonyl (C=O) groups is 1. The monoisotopic (exact) mass is 287 g/mol. The summed E-state index contributed by atoms with van der Waals surface area (Å²) < 4.78 is 0. The van der Waals surface area contributed by atoms with Gasteiger partial charge in [-0.05, 0) is 18.6 Å². The Labute approximate surface area is 120 Å². The molecule has 0 aliphatic heterocycles. The Kier molecular flexibility index (Phi) is 4.07. The molecule has 0 fully saturated rings. The minimum atomic E-state index is -0.633. The van der Waals surface area contributed by atoms with E-state index < -0.39 is 10.8 Å². The standard InChI is InChI=1S/C13H13N5O3/c1-8-3-2-4-15-11(8)7-17-13(19)10-5-9(18(20)21)6-16-12(10)14/h2-6H,7H2,1H3,(H2,14,16)(H,17,19). The third-order valence-electron chi connectivity index (χ3n) is 2.89. The van der Waals surface area contributed by atoms with E-state index in [1.165, 1.54) is 0 Å². The Balaban J connectivity index is 2.15. The van der Waals surface area contributed by atoms with E-state index in [-0.39, 0.29) is 23.6 Å². The highest BCUT2D eigenvalue weighted by molar-refractivity contribution is 5.98. The number of carbonyl (C=O) groups excluding carboxylic acids is 1. The van der Waals surface area contributed by atoms with Crippen LogP contribution in [0.3, 0.4) is 0 Å². The SMILES string of the molecule is Cc1cccnc1CNC(=O)c1cc([N+](=O)[O-])cnc1N. The van der Waals surface area contributed by atoms with Crippen molar-refractivity contribution < 1.29 is 9.72 Å². The first-order chi connectivity index (χ1) is 9.99. The lowest BCUT2D eigenvalue weighted by Gasteiger charge is -2.08. The van der Waals surface area contributed by atoms with Crippen LogP contribution in [0.5, 0.6) is 0 Å². The molecule has 21 heavy (non-hydrogen) atoms. The second kappa shape index (κ2) is 5.95. The Morgan fingerprint density at radius 1 is 1.48 bits per heavy atom. The van der Waals surface area contributed by atoms with E-state index in [9.17, 15) is 14.9 Å². The Hall–Kier alpha value is -3.03. The maximum Gasteiger partial charge on any atom is 0.288 e. The summed E-state index contributed by atoms with van der Waals surface area (Å²) in [5, 5.41) is 13.3. The summed E-state index contributed by atoms with van der Waals surface area (Å²) in [6.07, 6.45) is 2.63. The number of amides is 1. The molecule has 8 heteroatoms. The zero-order valence-corrected chi connectivity index (χ0v) is 11.2. The van der Waals surface area contributed by atoms with Gasteiger partial charge >= 0.3 is 0 Å². The molecule has 0 atom stereocenters. The second-order valence-electron chi connectivity index (χ2n) is 4.33. The summed E-state index contributed by atoms with van der Waals surface area (Å²) in [4.78, 5) is 29.9. The predicted octanol–water partition coefficient (Wildman–Crippen LogP) is 1.21. The number of nitrogens with zero attached hydrogens (tertiary/aromatic N) is 3. The maximum atomic E-state index is 12.0. The molecule has 0 aromatic carbocycles. The lowest BCUT2D eigenvalue weighted by molar-refractivity contribution is -0.385. The van der Waals surface area contributed by atoms with Crippen LogP contribution in [0.1, 0.15) is 21.6 Å². The Morgan fingerprint density at radius 3 is 2.90 bits per heavy atom. The van der Waals surface area contributed by atoms with Gasteiger partial charge in [0.05, 0.1) is 22.7 Å². The van der Waals surface area contributed by atoms with Crippen LogP contribution in [0.2, 0.25) is 0 Å². The molecular weight excluding hydrogens is 274 g/mol. The van der Waals surface area contributed by atoms with Gasteiger partial charge < -0.3 is 11.1 Å². The van der Waals surface area contributed by atoms with E-state index in [1.54, 1.807) is 12.3 Å². The van der Waals surface area contributed by atoms with E-state index >= 15 is 0 Å². The molecular formula is C13H13N5O3. The molecule has 2 aromatic rings. The van der Waals surface area contributed by atoms with Crippen LogP contribution in [-0.4, -0.2) is 20.8 Å². The summed E-state index contributed by atoms with van der Waals surface area (Å²) in [7, 11) is 0. The van der Waals surface area contributed by atoms with Crippen molar-refractivity contribution in [2.75, 3.05) is 5.73 Å². The number of anilines is 1. The van der Waals surface area contributed by atoms with Crippen LogP contribution >= 0.6 is 0 Å². The predicted molar refractivity (Wildman–Crippen MR) is 75.4 cm³/mol. The molecule has 0 spiro atoms. The Morgan fingerprint density at radius 2 is 2.24 bits per heavy atom. The maximum absolute atomic E-state index is 12.0. The third-order valence-corrected chi connectivity index (χ3v) is 2.89. The van der Waals surface area contributed by atoms with Gasteiger partial charge in [0.1, 0.15) is 12.0 Å². The zero-order chi connectivity index (χ0) is 15.4. The smallest absolute Gasteiger partial charge is 0.288 e. The van der Waals surface area contributed by atoms with Gasteiger partial charge in [-0.1, -0.05) is 6.07 Å². The first-order valence-electron chi connectivity index (χ1n) is 6.07. The van der Waals surface area contributed by atoms with Crippen LogP contribution < -0.4 is 11.1 Å². The first kappa shape index (κ1) is 14.4. The molecule has 0 aliphatic rings. The second-order valence-corrected chi connectivity index (χ2v) is 4.33. The molecule has 0 saturated heterocycles. The molecule has 0 radical (unpaired) electrons. The van der Waals surface area contributed by atoms with Crippen LogP contribution in [0.4, 0.5) is 11.5 Å². The van der Waals surface area contributed by atoms with Gasteiger partial charge in [-0.15, -0.1) is 0 Å². The number of nitrogens with two attached hydrogens (primary N) is 1. The number of rotatable bonds is 4. The summed E-state index contributed by atoms with van der Waals surface area (Å²) in [6, 6.07) is 4.77. The van der Waals surface area contributed by atoms with Crippen LogP contribution in [0.15, 0.2) is 30.6 Å². The van der Waals surface area contributed by atoms with Gasteiger partial charge in [0.2, 0.25) is 0 Å². The minimum absolute atomic E-state index is 0.0298. The number of hydrogen-bond donors (Lipinski definition) is 2. The fourth-order valence-electron chi connectivity index (χ4n) is 1.71. The fraction of sp³-hybridized carbons (Fsp3) is 0.154. The van der Waals surface area contributed by atoms with Crippen molar-refractivity contribution in [3.05, 3.63) is 57.5 Å². The number of aryl methyl sites for hydroxylation is 1. The average molecular weight is 287 g/mol. The van der Waals surface area contributed by atoms with Crippen molar-refractivity contribution in [3.63, 3.8) is 0 Å². The highest BCUT2D eigenvalue weighted by Crippen LogP contribution is 2.16. The number of hydrogen-bond acceptors (Lipinski definition) is 6. The summed E-state index contributed by atoms with van der Waals surface area (Å²) in [5.74, 6) is -0.593. The molecule has 0 saturated carbocycles. The third kappa shape index (κ3) is 3.30. The van der Waals surface area contributed by atoms with Crippen LogP contribution in [-0.2, 0) is 6.54 Å². The van der Waals surface area contributed by atoms with Crippen molar-refractivity contribution in [2.24, 2.45) is 0 Å². The number of pyridine rings is 2. The van der Waals surface area contributed by atoms with Gasteiger partial charge in [0.15, 0.2) is 0 Å². The van der Waals surface area contributed by atoms with Crippen molar-refractivity contribution in [1.29, 1.82) is 0 Å². The van der Waals surface area contributed by atoms with Crippen molar-refractivity contribution >= 4 is 17.4 Å². The lowest BCUT2D eigenvalue weighted by atomic mass is 10.2. The van der Waals surface area contributed by atoms with E-state index in [2.05, 4.69) is 15.3 Å². The molecule has 1 amide bonds. The van der Waals surface area contributed by atoms with Gasteiger partial charge in [-0.2, -0.15) is 0 Å². The van der Waals surface area contributed by atoms with Crippen LogP contribution in [0.25, 0.3) is 0 Å². The lowest BCUT2D eigenvalue weighted by Crippen LogP contribution is -2.25. The highest BCUT2D eigenvalue weighted by atomic mass is 16.6. The molecule has 0 bridgehead atoms.